The molecule has 0 aliphatic heterocycles. The first-order valence-electron chi connectivity index (χ1n) is 8.10. The Balaban J connectivity index is 5.04. The second kappa shape index (κ2) is 10.7. The number of nitrogens with one attached hydrogen (secondary N) is 3. The molecule has 0 radical (unpaired) electrons. The van der Waals surface area contributed by atoms with E-state index in [1.165, 1.54) is 13.8 Å². The largest absolute Gasteiger partial charge is 0.480 e. The monoisotopic (exact) mass is 376 g/mol. The fraction of sp³-hybridized carbons (Fsp3) is 0.733. The lowest BCUT2D eigenvalue weighted by atomic mass is 10.0. The van der Waals surface area contributed by atoms with E-state index >= 15 is 0 Å². The molecule has 11 nitrogen and oxygen atoms in total. The van der Waals surface area contributed by atoms with Crippen LogP contribution in [0.3, 0.4) is 0 Å². The molecule has 3 amide bonds. The number of aliphatic hydroxyl groups is 2. The Morgan fingerprint density at radius 3 is 1.85 bits per heavy atom. The maximum Gasteiger partial charge on any atom is 0.325 e. The predicted octanol–water partition coefficient (Wildman–Crippen LogP) is -3.10. The number of aliphatic hydroxyl groups excluding tert-OH is 2. The smallest absolute Gasteiger partial charge is 0.325 e. The average Bonchev–Trinajstić information content (AvgIpc) is 2.55. The highest BCUT2D eigenvalue weighted by molar-refractivity contribution is 5.94. The van der Waals surface area contributed by atoms with Crippen molar-refractivity contribution >= 4 is 23.7 Å². The number of nitrogens with two attached hydrogens (primary N) is 1. The lowest BCUT2D eigenvalue weighted by Crippen LogP contribution is -2.60. The summed E-state index contributed by atoms with van der Waals surface area (Å²) in [7, 11) is 0. The van der Waals surface area contributed by atoms with Gasteiger partial charge in [-0.15, -0.1) is 0 Å². The number of carbonyl (C=O) groups excluding carboxylic acids is 3. The van der Waals surface area contributed by atoms with Crippen LogP contribution in [-0.2, 0) is 19.2 Å². The molecular weight excluding hydrogens is 348 g/mol. The standard InChI is InChI=1S/C15H28N4O7/c1-6(2)10(16)13(23)19-11(8(4)21)14(24)18-9(5-20)12(22)17-7(3)15(25)26/h6-11,20-21H,5,16H2,1-4H3,(H,17,22)(H,18,24)(H,19,23)(H,25,26). The van der Waals surface area contributed by atoms with Gasteiger partial charge in [-0.25, -0.2) is 0 Å². The van der Waals surface area contributed by atoms with E-state index in [1.807, 2.05) is 0 Å². The van der Waals surface area contributed by atoms with Gasteiger partial charge in [0.25, 0.3) is 0 Å². The highest BCUT2D eigenvalue weighted by Gasteiger charge is 2.32. The summed E-state index contributed by atoms with van der Waals surface area (Å²) in [5, 5.41) is 34.3. The fourth-order valence-corrected chi connectivity index (χ4v) is 1.79. The van der Waals surface area contributed by atoms with Crippen molar-refractivity contribution in [2.45, 2.75) is 58.0 Å². The van der Waals surface area contributed by atoms with Gasteiger partial charge in [-0.3, -0.25) is 19.2 Å². The first-order valence-corrected chi connectivity index (χ1v) is 8.10. The molecule has 0 aliphatic carbocycles. The van der Waals surface area contributed by atoms with Gasteiger partial charge in [0.2, 0.25) is 17.7 Å². The predicted molar refractivity (Wildman–Crippen MR) is 90.7 cm³/mol. The van der Waals surface area contributed by atoms with E-state index in [1.54, 1.807) is 13.8 Å². The van der Waals surface area contributed by atoms with E-state index < -0.39 is 60.6 Å². The topological polar surface area (TPSA) is 191 Å². The number of carboxylic acid groups (broad SMARTS) is 1. The van der Waals surface area contributed by atoms with E-state index in [2.05, 4.69) is 16.0 Å². The molecule has 0 bridgehead atoms. The minimum absolute atomic E-state index is 0.207. The van der Waals surface area contributed by atoms with Gasteiger partial charge >= 0.3 is 5.97 Å². The Bertz CT molecular complexity index is 524. The van der Waals surface area contributed by atoms with Crippen LogP contribution in [-0.4, -0.2) is 75.9 Å². The SMILES string of the molecule is CC(NC(=O)C(CO)NC(=O)C(NC(=O)C(N)C(C)C)C(C)O)C(=O)O. The number of hydrogen-bond donors (Lipinski definition) is 7. The Hall–Kier alpha value is -2.24. The molecule has 0 aliphatic rings. The highest BCUT2D eigenvalue weighted by atomic mass is 16.4. The van der Waals surface area contributed by atoms with Crippen molar-refractivity contribution in [2.24, 2.45) is 11.7 Å². The first-order chi connectivity index (χ1) is 11.9. The third-order valence-corrected chi connectivity index (χ3v) is 3.63. The van der Waals surface area contributed by atoms with Gasteiger partial charge in [-0.1, -0.05) is 13.8 Å². The zero-order valence-electron chi connectivity index (χ0n) is 15.2. The van der Waals surface area contributed by atoms with Gasteiger partial charge in [-0.2, -0.15) is 0 Å². The molecule has 0 aromatic heterocycles. The second-order valence-corrected chi connectivity index (χ2v) is 6.31. The van der Waals surface area contributed by atoms with Gasteiger partial charge in [0.1, 0.15) is 18.1 Å². The summed E-state index contributed by atoms with van der Waals surface area (Å²) < 4.78 is 0. The zero-order chi connectivity index (χ0) is 20.6. The van der Waals surface area contributed by atoms with E-state index in [4.69, 9.17) is 10.8 Å². The van der Waals surface area contributed by atoms with Crippen LogP contribution in [0.2, 0.25) is 0 Å². The first kappa shape index (κ1) is 23.8. The zero-order valence-corrected chi connectivity index (χ0v) is 15.2. The minimum atomic E-state index is -1.46. The van der Waals surface area contributed by atoms with Gasteiger partial charge in [0.05, 0.1) is 18.8 Å². The number of aliphatic carboxylic acids is 1. The summed E-state index contributed by atoms with van der Waals surface area (Å²) in [4.78, 5) is 46.9. The van der Waals surface area contributed by atoms with E-state index in [0.717, 1.165) is 0 Å². The third-order valence-electron chi connectivity index (χ3n) is 3.63. The van der Waals surface area contributed by atoms with Crippen LogP contribution in [0.1, 0.15) is 27.7 Å². The van der Waals surface area contributed by atoms with Crippen LogP contribution in [0, 0.1) is 5.92 Å². The van der Waals surface area contributed by atoms with Gasteiger partial charge in [0.15, 0.2) is 0 Å². The molecule has 0 heterocycles. The summed E-state index contributed by atoms with van der Waals surface area (Å²) in [6, 6.07) is -5.01. The lowest BCUT2D eigenvalue weighted by molar-refractivity contribution is -0.142. The molecule has 0 saturated carbocycles. The van der Waals surface area contributed by atoms with Crippen molar-refractivity contribution < 1.29 is 34.5 Å². The minimum Gasteiger partial charge on any atom is -0.480 e. The average molecular weight is 376 g/mol. The second-order valence-electron chi connectivity index (χ2n) is 6.31. The molecule has 0 fully saturated rings. The lowest BCUT2D eigenvalue weighted by Gasteiger charge is -2.26. The van der Waals surface area contributed by atoms with Crippen molar-refractivity contribution in [2.75, 3.05) is 6.61 Å². The molecule has 8 N–H and O–H groups in total. The fourth-order valence-electron chi connectivity index (χ4n) is 1.79. The maximum atomic E-state index is 12.3. The number of rotatable bonds is 10. The summed E-state index contributed by atoms with van der Waals surface area (Å²) >= 11 is 0. The molecule has 0 aromatic carbocycles. The number of hydrogen-bond acceptors (Lipinski definition) is 7. The van der Waals surface area contributed by atoms with Crippen LogP contribution >= 0.6 is 0 Å². The van der Waals surface area contributed by atoms with E-state index in [-0.39, 0.29) is 5.92 Å². The molecule has 0 rings (SSSR count). The quantitative estimate of drug-likeness (QED) is 0.208. The van der Waals surface area contributed by atoms with Crippen molar-refractivity contribution in [3.05, 3.63) is 0 Å². The summed E-state index contributed by atoms with van der Waals surface area (Å²) in [5.74, 6) is -4.02. The van der Waals surface area contributed by atoms with Crippen molar-refractivity contribution in [1.29, 1.82) is 0 Å². The highest BCUT2D eigenvalue weighted by Crippen LogP contribution is 2.01. The van der Waals surface area contributed by atoms with Crippen LogP contribution in [0.15, 0.2) is 0 Å². The Kier molecular flexibility index (Phi) is 9.76. The van der Waals surface area contributed by atoms with Crippen molar-refractivity contribution in [1.82, 2.24) is 16.0 Å². The number of carbonyl (C=O) groups is 4. The Morgan fingerprint density at radius 2 is 1.46 bits per heavy atom. The van der Waals surface area contributed by atoms with Crippen LogP contribution in [0.4, 0.5) is 0 Å². The van der Waals surface area contributed by atoms with Crippen LogP contribution in [0.5, 0.6) is 0 Å². The molecule has 0 spiro atoms. The Labute approximate surface area is 151 Å². The van der Waals surface area contributed by atoms with Crippen LogP contribution in [0.25, 0.3) is 0 Å². The van der Waals surface area contributed by atoms with E-state index in [9.17, 15) is 29.4 Å². The van der Waals surface area contributed by atoms with Crippen LogP contribution < -0.4 is 21.7 Å². The van der Waals surface area contributed by atoms with Gasteiger partial charge in [-0.05, 0) is 19.8 Å². The molecule has 0 aromatic rings. The van der Waals surface area contributed by atoms with Gasteiger partial charge < -0.3 is 37.0 Å². The number of amides is 3. The van der Waals surface area contributed by atoms with Crippen molar-refractivity contribution in [3.8, 4) is 0 Å². The molecule has 5 unspecified atom stereocenters. The van der Waals surface area contributed by atoms with E-state index in [0.29, 0.717) is 0 Å². The summed E-state index contributed by atoms with van der Waals surface area (Å²) in [6.07, 6.45) is -1.31. The van der Waals surface area contributed by atoms with Gasteiger partial charge in [0, 0.05) is 0 Å². The molecule has 11 heteroatoms. The normalized spacial score (nSPS) is 16.8. The third kappa shape index (κ3) is 7.33. The summed E-state index contributed by atoms with van der Waals surface area (Å²) in [5.41, 5.74) is 5.68. The molecule has 150 valence electrons. The Morgan fingerprint density at radius 1 is 0.923 bits per heavy atom. The molecular formula is C15H28N4O7. The summed E-state index contributed by atoms with van der Waals surface area (Å²) in [6.45, 7) is 5.07. The van der Waals surface area contributed by atoms with Crippen molar-refractivity contribution in [3.63, 3.8) is 0 Å². The molecule has 5 atom stereocenters. The maximum absolute atomic E-state index is 12.3. The number of carboxylic acids is 1. The molecule has 26 heavy (non-hydrogen) atoms. The molecule has 0 saturated heterocycles.